The van der Waals surface area contributed by atoms with Gasteiger partial charge in [-0.2, -0.15) is 0 Å². The number of amides is 1. The van der Waals surface area contributed by atoms with Crippen LogP contribution < -0.4 is 5.32 Å². The van der Waals surface area contributed by atoms with Crippen LogP contribution in [0, 0.1) is 6.92 Å². The number of hydrogen-bond acceptors (Lipinski definition) is 5. The molecule has 0 bridgehead atoms. The minimum absolute atomic E-state index is 0.177. The van der Waals surface area contributed by atoms with Crippen LogP contribution in [0.4, 0.5) is 0 Å². The van der Waals surface area contributed by atoms with Crippen LogP contribution in [0.5, 0.6) is 0 Å². The van der Waals surface area contributed by atoms with Crippen LogP contribution in [-0.2, 0) is 0 Å². The minimum atomic E-state index is -0.554. The summed E-state index contributed by atoms with van der Waals surface area (Å²) in [5.41, 5.74) is 0.844. The summed E-state index contributed by atoms with van der Waals surface area (Å²) in [6, 6.07) is 0. The molecular weight excluding hydrogens is 264 g/mol. The summed E-state index contributed by atoms with van der Waals surface area (Å²) in [7, 11) is 0. The third kappa shape index (κ3) is 2.62. The molecule has 0 aromatic carbocycles. The Bertz CT molecular complexity index is 600. The quantitative estimate of drug-likeness (QED) is 0.886. The van der Waals surface area contributed by atoms with Crippen molar-refractivity contribution in [3.05, 3.63) is 16.4 Å². The number of carbonyl (C=O) groups excluding carboxylic acids is 1. The Balaban J connectivity index is 2.35. The van der Waals surface area contributed by atoms with Crippen LogP contribution in [0.1, 0.15) is 47.9 Å². The van der Waals surface area contributed by atoms with Gasteiger partial charge < -0.3 is 10.4 Å². The molecule has 2 aromatic heterocycles. The highest BCUT2D eigenvalue weighted by Gasteiger charge is 2.20. The number of thiazole rings is 1. The van der Waals surface area contributed by atoms with Crippen molar-refractivity contribution < 1.29 is 9.90 Å². The molecule has 0 radical (unpaired) electrons. The molecule has 2 heterocycles. The fourth-order valence-corrected chi connectivity index (χ4v) is 2.82. The second-order valence-electron chi connectivity index (χ2n) is 4.91. The van der Waals surface area contributed by atoms with Crippen LogP contribution in [0.25, 0.3) is 4.96 Å². The third-order valence-corrected chi connectivity index (χ3v) is 3.93. The maximum atomic E-state index is 12.0. The predicted molar refractivity (Wildman–Crippen MR) is 73.7 cm³/mol. The van der Waals surface area contributed by atoms with Crippen molar-refractivity contribution in [1.82, 2.24) is 19.9 Å². The lowest BCUT2D eigenvalue weighted by Crippen LogP contribution is -2.30. The lowest BCUT2D eigenvalue weighted by Gasteiger charge is -2.06. The van der Waals surface area contributed by atoms with Gasteiger partial charge in [-0.25, -0.2) is 0 Å². The van der Waals surface area contributed by atoms with E-state index in [1.807, 2.05) is 25.2 Å². The van der Waals surface area contributed by atoms with Crippen LogP contribution in [0.3, 0.4) is 0 Å². The molecule has 0 aliphatic rings. The Morgan fingerprint density at radius 2 is 2.11 bits per heavy atom. The van der Waals surface area contributed by atoms with Crippen molar-refractivity contribution in [1.29, 1.82) is 0 Å². The van der Waals surface area contributed by atoms with Gasteiger partial charge in [0.15, 0.2) is 0 Å². The fraction of sp³-hybridized carbons (Fsp3) is 0.583. The van der Waals surface area contributed by atoms with Crippen molar-refractivity contribution in [2.24, 2.45) is 0 Å². The van der Waals surface area contributed by atoms with E-state index >= 15 is 0 Å². The Morgan fingerprint density at radius 3 is 2.68 bits per heavy atom. The number of nitrogens with one attached hydrogen (secondary N) is 1. The van der Waals surface area contributed by atoms with Gasteiger partial charge in [-0.3, -0.25) is 9.20 Å². The summed E-state index contributed by atoms with van der Waals surface area (Å²) in [4.78, 5) is 13.4. The van der Waals surface area contributed by atoms with Crippen LogP contribution in [-0.4, -0.2) is 38.3 Å². The Morgan fingerprint density at radius 1 is 1.42 bits per heavy atom. The van der Waals surface area contributed by atoms with Crippen molar-refractivity contribution in [2.45, 2.75) is 39.7 Å². The number of nitrogens with zero attached hydrogens (tertiary/aromatic N) is 3. The smallest absolute Gasteiger partial charge is 0.263 e. The molecule has 1 amide bonds. The molecule has 1 atom stereocenters. The standard InChI is InChI=1S/C12H18N4O2S/c1-6(2)10-14-15-12-16(10)8(4)9(19-12)11(18)13-5-7(3)17/h6-7,17H,5H2,1-4H3,(H,13,18). The summed E-state index contributed by atoms with van der Waals surface area (Å²) >= 11 is 1.32. The van der Waals surface area contributed by atoms with Crippen molar-refractivity contribution in [3.63, 3.8) is 0 Å². The van der Waals surface area contributed by atoms with Crippen LogP contribution >= 0.6 is 11.3 Å². The molecular formula is C12H18N4O2S. The largest absolute Gasteiger partial charge is 0.392 e. The van der Waals surface area contributed by atoms with E-state index in [0.717, 1.165) is 16.5 Å². The second-order valence-corrected chi connectivity index (χ2v) is 5.88. The number of aromatic nitrogens is 3. The van der Waals surface area contributed by atoms with E-state index in [-0.39, 0.29) is 18.4 Å². The number of rotatable bonds is 4. The molecule has 1 unspecified atom stereocenters. The van der Waals surface area contributed by atoms with Crippen molar-refractivity contribution in [2.75, 3.05) is 6.54 Å². The van der Waals surface area contributed by atoms with Gasteiger partial charge in [0.1, 0.15) is 10.7 Å². The Labute approximate surface area is 115 Å². The van der Waals surface area contributed by atoms with Gasteiger partial charge in [0.2, 0.25) is 4.96 Å². The molecule has 0 aliphatic heterocycles. The summed E-state index contributed by atoms with van der Waals surface area (Å²) in [6.07, 6.45) is -0.554. The van der Waals surface area contributed by atoms with Gasteiger partial charge in [0.25, 0.3) is 5.91 Å². The molecule has 0 saturated heterocycles. The average Bonchev–Trinajstić information content (AvgIpc) is 2.87. The van der Waals surface area contributed by atoms with Gasteiger partial charge in [-0.1, -0.05) is 25.2 Å². The molecule has 2 N–H and O–H groups in total. The van der Waals surface area contributed by atoms with Crippen molar-refractivity contribution in [3.8, 4) is 0 Å². The van der Waals surface area contributed by atoms with Gasteiger partial charge in [0, 0.05) is 18.2 Å². The zero-order chi connectivity index (χ0) is 14.2. The lowest BCUT2D eigenvalue weighted by atomic mass is 10.2. The van der Waals surface area contributed by atoms with E-state index in [4.69, 9.17) is 0 Å². The first kappa shape index (κ1) is 14.0. The molecule has 2 aromatic rings. The molecule has 19 heavy (non-hydrogen) atoms. The molecule has 104 valence electrons. The summed E-state index contributed by atoms with van der Waals surface area (Å²) in [6.45, 7) is 7.85. The first-order chi connectivity index (χ1) is 8.91. The number of aliphatic hydroxyl groups is 1. The average molecular weight is 282 g/mol. The summed E-state index contributed by atoms with van der Waals surface area (Å²) in [5.74, 6) is 0.929. The number of hydrogen-bond donors (Lipinski definition) is 2. The normalized spacial score (nSPS) is 13.2. The van der Waals surface area contributed by atoms with E-state index in [2.05, 4.69) is 15.5 Å². The highest BCUT2D eigenvalue weighted by molar-refractivity contribution is 7.19. The third-order valence-electron chi connectivity index (χ3n) is 2.80. The Hall–Kier alpha value is -1.47. The highest BCUT2D eigenvalue weighted by atomic mass is 32.1. The van der Waals surface area contributed by atoms with Gasteiger partial charge in [0.05, 0.1) is 6.10 Å². The van der Waals surface area contributed by atoms with Crippen molar-refractivity contribution >= 4 is 22.2 Å². The number of aryl methyl sites for hydroxylation is 1. The second kappa shape index (κ2) is 5.26. The monoisotopic (exact) mass is 282 g/mol. The van der Waals surface area contributed by atoms with E-state index in [1.165, 1.54) is 11.3 Å². The maximum Gasteiger partial charge on any atom is 0.263 e. The molecule has 0 saturated carbocycles. The number of fused-ring (bicyclic) bond motifs is 1. The zero-order valence-corrected chi connectivity index (χ0v) is 12.3. The first-order valence-electron chi connectivity index (χ1n) is 6.22. The van der Waals surface area contributed by atoms with Gasteiger partial charge in [-0.15, -0.1) is 10.2 Å². The number of aliphatic hydroxyl groups excluding tert-OH is 1. The molecule has 2 rings (SSSR count). The van der Waals surface area contributed by atoms with Gasteiger partial charge in [-0.05, 0) is 13.8 Å². The van der Waals surface area contributed by atoms with E-state index < -0.39 is 6.10 Å². The Kier molecular flexibility index (Phi) is 3.86. The fourth-order valence-electron chi connectivity index (χ4n) is 1.83. The number of carbonyl (C=O) groups is 1. The predicted octanol–water partition coefficient (Wildman–Crippen LogP) is 1.33. The molecule has 0 fully saturated rings. The maximum absolute atomic E-state index is 12.0. The molecule has 0 spiro atoms. The minimum Gasteiger partial charge on any atom is -0.392 e. The summed E-state index contributed by atoms with van der Waals surface area (Å²) < 4.78 is 1.92. The highest BCUT2D eigenvalue weighted by Crippen LogP contribution is 2.25. The zero-order valence-electron chi connectivity index (χ0n) is 11.5. The van der Waals surface area contributed by atoms with E-state index in [0.29, 0.717) is 4.88 Å². The summed E-state index contributed by atoms with van der Waals surface area (Å²) in [5, 5.41) is 20.1. The van der Waals surface area contributed by atoms with Crippen LogP contribution in [0.2, 0.25) is 0 Å². The topological polar surface area (TPSA) is 79.5 Å². The van der Waals surface area contributed by atoms with Gasteiger partial charge >= 0.3 is 0 Å². The molecule has 0 aliphatic carbocycles. The van der Waals surface area contributed by atoms with E-state index in [1.54, 1.807) is 6.92 Å². The lowest BCUT2D eigenvalue weighted by molar-refractivity contribution is 0.0927. The van der Waals surface area contributed by atoms with E-state index in [9.17, 15) is 9.90 Å². The SMILES string of the molecule is Cc1c(C(=O)NCC(C)O)sc2nnc(C(C)C)n12. The molecule has 7 heteroatoms. The molecule has 6 nitrogen and oxygen atoms in total. The first-order valence-corrected chi connectivity index (χ1v) is 7.04. The van der Waals surface area contributed by atoms with Crippen LogP contribution in [0.15, 0.2) is 0 Å².